The van der Waals surface area contributed by atoms with Gasteiger partial charge in [0.2, 0.25) is 0 Å². The van der Waals surface area contributed by atoms with E-state index < -0.39 is 0 Å². The fourth-order valence-corrected chi connectivity index (χ4v) is 2.72. The zero-order valence-electron chi connectivity index (χ0n) is 13.7. The fraction of sp³-hybridized carbons (Fsp3) is 1.00. The third kappa shape index (κ3) is 5.39. The van der Waals surface area contributed by atoms with Crippen LogP contribution in [0.4, 0.5) is 0 Å². The van der Waals surface area contributed by atoms with Crippen LogP contribution in [0.2, 0.25) is 0 Å². The number of rotatable bonds is 5. The van der Waals surface area contributed by atoms with Crippen LogP contribution in [0.1, 0.15) is 68.7 Å². The largest absolute Gasteiger partial charge is 0.314 e. The molecule has 0 heterocycles. The van der Waals surface area contributed by atoms with Crippen LogP contribution >= 0.6 is 0 Å². The Balaban J connectivity index is 4.82. The topological polar surface area (TPSA) is 24.1 Å². The van der Waals surface area contributed by atoms with Crippen molar-refractivity contribution in [1.82, 2.24) is 10.6 Å². The van der Waals surface area contributed by atoms with E-state index in [1.807, 2.05) is 7.05 Å². The molecule has 0 aromatic carbocycles. The molecule has 0 saturated heterocycles. The summed E-state index contributed by atoms with van der Waals surface area (Å²) in [4.78, 5) is 0. The first-order valence-corrected chi connectivity index (χ1v) is 6.71. The molecule has 0 spiro atoms. The first kappa shape index (κ1) is 16.9. The Morgan fingerprint density at radius 1 is 0.765 bits per heavy atom. The Kier molecular flexibility index (Phi) is 4.87. The summed E-state index contributed by atoms with van der Waals surface area (Å²) in [7, 11) is 2.05. The van der Waals surface area contributed by atoms with E-state index in [0.717, 1.165) is 6.42 Å². The smallest absolute Gasteiger partial charge is 0.0173 e. The van der Waals surface area contributed by atoms with Crippen LogP contribution in [-0.4, -0.2) is 23.7 Å². The second-order valence-corrected chi connectivity index (χ2v) is 8.19. The maximum absolute atomic E-state index is 3.72. The molecule has 0 radical (unpaired) electrons. The molecule has 0 saturated carbocycles. The van der Waals surface area contributed by atoms with Crippen molar-refractivity contribution in [3.8, 4) is 0 Å². The van der Waals surface area contributed by atoms with Gasteiger partial charge in [0.25, 0.3) is 0 Å². The van der Waals surface area contributed by atoms with E-state index in [1.165, 1.54) is 0 Å². The van der Waals surface area contributed by atoms with E-state index in [1.54, 1.807) is 0 Å². The summed E-state index contributed by atoms with van der Waals surface area (Å²) in [6.07, 6.45) is 1.13. The summed E-state index contributed by atoms with van der Waals surface area (Å²) in [6.45, 7) is 20.5. The van der Waals surface area contributed by atoms with Gasteiger partial charge in [-0.05, 0) is 67.3 Å². The molecule has 0 aromatic heterocycles. The van der Waals surface area contributed by atoms with Crippen molar-refractivity contribution >= 4 is 0 Å². The fourth-order valence-electron chi connectivity index (χ4n) is 2.72. The van der Waals surface area contributed by atoms with Gasteiger partial charge in [0.1, 0.15) is 0 Å². The van der Waals surface area contributed by atoms with Gasteiger partial charge in [-0.3, -0.25) is 0 Å². The van der Waals surface area contributed by atoms with Crippen molar-refractivity contribution < 1.29 is 0 Å². The molecule has 0 rings (SSSR count). The molecule has 2 nitrogen and oxygen atoms in total. The molecule has 2 N–H and O–H groups in total. The second-order valence-electron chi connectivity index (χ2n) is 8.19. The first-order valence-electron chi connectivity index (χ1n) is 6.71. The SMILES string of the molecule is CNC(C)(C)C(C)(C)CC(C)(C)NC(C)(C)C. The minimum atomic E-state index is 0.129. The molecular formula is C15H34N2. The van der Waals surface area contributed by atoms with E-state index in [9.17, 15) is 0 Å². The van der Waals surface area contributed by atoms with Crippen molar-refractivity contribution in [2.24, 2.45) is 5.41 Å². The Morgan fingerprint density at radius 3 is 1.47 bits per heavy atom. The zero-order valence-corrected chi connectivity index (χ0v) is 13.7. The monoisotopic (exact) mass is 242 g/mol. The average Bonchev–Trinajstić information content (AvgIpc) is 1.96. The Labute approximate surface area is 109 Å². The predicted octanol–water partition coefficient (Wildman–Crippen LogP) is 3.57. The highest BCUT2D eigenvalue weighted by Gasteiger charge is 2.40. The second kappa shape index (κ2) is 4.89. The van der Waals surface area contributed by atoms with Crippen LogP contribution in [0.15, 0.2) is 0 Å². The van der Waals surface area contributed by atoms with Gasteiger partial charge in [0.15, 0.2) is 0 Å². The van der Waals surface area contributed by atoms with Gasteiger partial charge >= 0.3 is 0 Å². The summed E-state index contributed by atoms with van der Waals surface area (Å²) < 4.78 is 0. The quantitative estimate of drug-likeness (QED) is 0.770. The summed E-state index contributed by atoms with van der Waals surface area (Å²) in [5.74, 6) is 0. The average molecular weight is 242 g/mol. The van der Waals surface area contributed by atoms with E-state index in [0.29, 0.717) is 0 Å². The van der Waals surface area contributed by atoms with E-state index >= 15 is 0 Å². The Hall–Kier alpha value is -0.0800. The van der Waals surface area contributed by atoms with Crippen LogP contribution in [0.25, 0.3) is 0 Å². The Morgan fingerprint density at radius 2 is 1.18 bits per heavy atom. The molecule has 17 heavy (non-hydrogen) atoms. The van der Waals surface area contributed by atoms with Gasteiger partial charge in [-0.15, -0.1) is 0 Å². The lowest BCUT2D eigenvalue weighted by Gasteiger charge is -2.47. The lowest BCUT2D eigenvalue weighted by atomic mass is 9.67. The van der Waals surface area contributed by atoms with E-state index in [4.69, 9.17) is 0 Å². The van der Waals surface area contributed by atoms with Gasteiger partial charge in [-0.25, -0.2) is 0 Å². The van der Waals surface area contributed by atoms with Crippen LogP contribution in [0.5, 0.6) is 0 Å². The molecule has 0 amide bonds. The third-order valence-electron chi connectivity index (χ3n) is 3.91. The van der Waals surface area contributed by atoms with Crippen LogP contribution in [0, 0.1) is 5.41 Å². The summed E-state index contributed by atoms with van der Waals surface area (Å²) in [5, 5.41) is 7.16. The molecule has 0 aliphatic heterocycles. The van der Waals surface area contributed by atoms with Crippen molar-refractivity contribution in [2.45, 2.75) is 85.4 Å². The minimum absolute atomic E-state index is 0.129. The number of hydrogen-bond donors (Lipinski definition) is 2. The van der Waals surface area contributed by atoms with Crippen molar-refractivity contribution in [3.63, 3.8) is 0 Å². The van der Waals surface area contributed by atoms with Gasteiger partial charge < -0.3 is 10.6 Å². The summed E-state index contributed by atoms with van der Waals surface area (Å²) in [5.41, 5.74) is 0.645. The maximum Gasteiger partial charge on any atom is 0.0173 e. The molecule has 0 bridgehead atoms. The highest BCUT2D eigenvalue weighted by Crippen LogP contribution is 2.38. The molecule has 0 atom stereocenters. The molecule has 104 valence electrons. The normalized spacial score (nSPS) is 15.2. The van der Waals surface area contributed by atoms with Crippen LogP contribution in [0.3, 0.4) is 0 Å². The summed E-state index contributed by atoms with van der Waals surface area (Å²) in [6, 6.07) is 0. The minimum Gasteiger partial charge on any atom is -0.314 e. The molecule has 0 fully saturated rings. The van der Waals surface area contributed by atoms with Gasteiger partial charge in [-0.1, -0.05) is 13.8 Å². The summed E-state index contributed by atoms with van der Waals surface area (Å²) >= 11 is 0. The lowest BCUT2D eigenvalue weighted by molar-refractivity contribution is 0.0985. The molecule has 0 aliphatic rings. The highest BCUT2D eigenvalue weighted by molar-refractivity contribution is 4.98. The Bertz CT molecular complexity index is 244. The third-order valence-corrected chi connectivity index (χ3v) is 3.91. The van der Waals surface area contributed by atoms with Gasteiger partial charge in [-0.2, -0.15) is 0 Å². The standard InChI is InChI=1S/C15H34N2/c1-12(2,3)17-14(6,7)11-13(4,5)15(8,9)16-10/h16-17H,11H2,1-10H3. The van der Waals surface area contributed by atoms with Crippen molar-refractivity contribution in [3.05, 3.63) is 0 Å². The van der Waals surface area contributed by atoms with Gasteiger partial charge in [0.05, 0.1) is 0 Å². The zero-order chi connectivity index (χ0) is 14.1. The predicted molar refractivity (Wildman–Crippen MR) is 78.5 cm³/mol. The first-order chi connectivity index (χ1) is 7.22. The van der Waals surface area contributed by atoms with E-state index in [2.05, 4.69) is 72.9 Å². The molecular weight excluding hydrogens is 208 g/mol. The molecule has 2 heteroatoms. The van der Waals surface area contributed by atoms with Gasteiger partial charge in [0, 0.05) is 16.6 Å². The molecule has 0 aromatic rings. The highest BCUT2D eigenvalue weighted by atomic mass is 15.0. The maximum atomic E-state index is 3.72. The lowest BCUT2D eigenvalue weighted by Crippen LogP contribution is -2.57. The van der Waals surface area contributed by atoms with Crippen LogP contribution < -0.4 is 10.6 Å². The van der Waals surface area contributed by atoms with Crippen molar-refractivity contribution in [1.29, 1.82) is 0 Å². The number of nitrogens with one attached hydrogen (secondary N) is 2. The number of hydrogen-bond acceptors (Lipinski definition) is 2. The van der Waals surface area contributed by atoms with Crippen molar-refractivity contribution in [2.75, 3.05) is 7.05 Å². The molecule has 0 aliphatic carbocycles. The van der Waals surface area contributed by atoms with Crippen LogP contribution in [-0.2, 0) is 0 Å². The van der Waals surface area contributed by atoms with E-state index in [-0.39, 0.29) is 22.0 Å². The molecule has 0 unspecified atom stereocenters.